The van der Waals surface area contributed by atoms with Gasteiger partial charge in [0.25, 0.3) is 0 Å². The van der Waals surface area contributed by atoms with Crippen molar-refractivity contribution in [3.63, 3.8) is 0 Å². The predicted molar refractivity (Wildman–Crippen MR) is 110 cm³/mol. The number of carbonyl (C=O) groups excluding carboxylic acids is 1. The number of rotatable bonds is 8. The standard InChI is InChI=1S/C22H24N2O4/c1-5-19(17-11-7-6-8-12-17)16(2)23-28-15-18-13-9-10-14-20(18)21(24-27-4)22(25)26-3/h5-14H,15H2,1-4H3/b19-5-,23-16+,24-21+. The second-order valence-electron chi connectivity index (χ2n) is 5.79. The summed E-state index contributed by atoms with van der Waals surface area (Å²) in [5, 5.41) is 8.03. The van der Waals surface area contributed by atoms with Crippen LogP contribution >= 0.6 is 0 Å². The van der Waals surface area contributed by atoms with Gasteiger partial charge in [0.15, 0.2) is 5.71 Å². The summed E-state index contributed by atoms with van der Waals surface area (Å²) < 4.78 is 4.79. The van der Waals surface area contributed by atoms with E-state index in [0.29, 0.717) is 5.56 Å². The fraction of sp³-hybridized carbons (Fsp3) is 0.227. The summed E-state index contributed by atoms with van der Waals surface area (Å²) in [6.07, 6.45) is 1.99. The van der Waals surface area contributed by atoms with Crippen LogP contribution in [-0.2, 0) is 25.8 Å². The molecule has 6 nitrogen and oxygen atoms in total. The first kappa shape index (κ1) is 20.9. The van der Waals surface area contributed by atoms with Crippen molar-refractivity contribution in [3.05, 3.63) is 77.4 Å². The van der Waals surface area contributed by atoms with E-state index in [2.05, 4.69) is 10.3 Å². The number of ether oxygens (including phenoxy) is 1. The van der Waals surface area contributed by atoms with Crippen LogP contribution in [0.4, 0.5) is 0 Å². The molecule has 0 aliphatic carbocycles. The molecule has 0 spiro atoms. The lowest BCUT2D eigenvalue weighted by Crippen LogP contribution is -2.19. The minimum Gasteiger partial charge on any atom is -0.464 e. The molecule has 0 amide bonds. The van der Waals surface area contributed by atoms with Gasteiger partial charge >= 0.3 is 5.97 Å². The van der Waals surface area contributed by atoms with Gasteiger partial charge in [-0.15, -0.1) is 0 Å². The van der Waals surface area contributed by atoms with Crippen molar-refractivity contribution in [2.45, 2.75) is 20.5 Å². The fourth-order valence-corrected chi connectivity index (χ4v) is 2.71. The molecule has 0 heterocycles. The molecule has 0 saturated heterocycles. The molecule has 146 valence electrons. The van der Waals surface area contributed by atoms with Crippen LogP contribution in [-0.4, -0.2) is 31.6 Å². The number of allylic oxidation sites excluding steroid dienone is 2. The number of oxime groups is 2. The van der Waals surface area contributed by atoms with Crippen LogP contribution in [0, 0.1) is 0 Å². The molecular weight excluding hydrogens is 356 g/mol. The maximum Gasteiger partial charge on any atom is 0.360 e. The molecule has 0 radical (unpaired) electrons. The maximum atomic E-state index is 12.0. The lowest BCUT2D eigenvalue weighted by Gasteiger charge is -2.10. The zero-order valence-electron chi connectivity index (χ0n) is 16.5. The van der Waals surface area contributed by atoms with Gasteiger partial charge in [-0.3, -0.25) is 0 Å². The molecule has 0 aromatic heterocycles. The highest BCUT2D eigenvalue weighted by Gasteiger charge is 2.19. The van der Waals surface area contributed by atoms with Crippen LogP contribution in [0.1, 0.15) is 30.5 Å². The molecule has 0 aliphatic heterocycles. The van der Waals surface area contributed by atoms with Gasteiger partial charge in [-0.25, -0.2) is 4.79 Å². The van der Waals surface area contributed by atoms with Crippen molar-refractivity contribution in [2.24, 2.45) is 10.3 Å². The third-order valence-electron chi connectivity index (χ3n) is 4.02. The van der Waals surface area contributed by atoms with E-state index in [1.54, 1.807) is 12.1 Å². The molecule has 0 saturated carbocycles. The second-order valence-corrected chi connectivity index (χ2v) is 5.79. The molecule has 2 aromatic rings. The van der Waals surface area contributed by atoms with E-state index in [9.17, 15) is 4.79 Å². The Balaban J connectivity index is 2.20. The summed E-state index contributed by atoms with van der Waals surface area (Å²) in [4.78, 5) is 22.4. The van der Waals surface area contributed by atoms with Gasteiger partial charge in [0.05, 0.1) is 12.8 Å². The first-order valence-corrected chi connectivity index (χ1v) is 8.78. The van der Waals surface area contributed by atoms with Crippen LogP contribution in [0.15, 0.2) is 71.0 Å². The van der Waals surface area contributed by atoms with E-state index >= 15 is 0 Å². The Morgan fingerprint density at radius 3 is 2.32 bits per heavy atom. The van der Waals surface area contributed by atoms with Crippen molar-refractivity contribution in [1.29, 1.82) is 0 Å². The first-order chi connectivity index (χ1) is 13.6. The average Bonchev–Trinajstić information content (AvgIpc) is 2.73. The smallest absolute Gasteiger partial charge is 0.360 e. The molecule has 0 atom stereocenters. The Hall–Kier alpha value is -3.41. The molecule has 28 heavy (non-hydrogen) atoms. The minimum absolute atomic E-state index is 0.0725. The minimum atomic E-state index is -0.589. The van der Waals surface area contributed by atoms with E-state index in [4.69, 9.17) is 14.4 Å². The quantitative estimate of drug-likeness (QED) is 0.391. The average molecular weight is 380 g/mol. The predicted octanol–water partition coefficient (Wildman–Crippen LogP) is 4.21. The molecule has 0 bridgehead atoms. The summed E-state index contributed by atoms with van der Waals surface area (Å²) in [6, 6.07) is 17.2. The van der Waals surface area contributed by atoms with Crippen molar-refractivity contribution >= 4 is 23.0 Å². The Kier molecular flexibility index (Phi) is 7.96. The van der Waals surface area contributed by atoms with Crippen LogP contribution < -0.4 is 0 Å². The summed E-state index contributed by atoms with van der Waals surface area (Å²) in [5.74, 6) is -0.589. The van der Waals surface area contributed by atoms with E-state index in [1.165, 1.54) is 14.2 Å². The molecule has 0 fully saturated rings. The zero-order valence-corrected chi connectivity index (χ0v) is 16.5. The zero-order chi connectivity index (χ0) is 20.4. The molecule has 2 rings (SSSR count). The number of methoxy groups -OCH3 is 1. The van der Waals surface area contributed by atoms with Crippen LogP contribution in [0.25, 0.3) is 5.57 Å². The van der Waals surface area contributed by atoms with Crippen molar-refractivity contribution in [1.82, 2.24) is 0 Å². The van der Waals surface area contributed by atoms with Gasteiger partial charge in [-0.1, -0.05) is 71.0 Å². The van der Waals surface area contributed by atoms with E-state index < -0.39 is 5.97 Å². The highest BCUT2D eigenvalue weighted by atomic mass is 16.6. The lowest BCUT2D eigenvalue weighted by molar-refractivity contribution is -0.132. The maximum absolute atomic E-state index is 12.0. The number of carbonyl (C=O) groups is 1. The van der Waals surface area contributed by atoms with Crippen LogP contribution in [0.2, 0.25) is 0 Å². The Bertz CT molecular complexity index is 886. The summed E-state index contributed by atoms with van der Waals surface area (Å²) >= 11 is 0. The Labute approximate surface area is 165 Å². The lowest BCUT2D eigenvalue weighted by atomic mass is 10.0. The highest BCUT2D eigenvalue weighted by molar-refractivity contribution is 6.43. The Morgan fingerprint density at radius 2 is 1.68 bits per heavy atom. The number of hydrogen-bond donors (Lipinski definition) is 0. The Morgan fingerprint density at radius 1 is 1.00 bits per heavy atom. The highest BCUT2D eigenvalue weighted by Crippen LogP contribution is 2.17. The third-order valence-corrected chi connectivity index (χ3v) is 4.02. The molecule has 6 heteroatoms. The summed E-state index contributed by atoms with van der Waals surface area (Å²) in [5.41, 5.74) is 4.19. The molecule has 0 unspecified atom stereocenters. The largest absolute Gasteiger partial charge is 0.464 e. The van der Waals surface area contributed by atoms with Gasteiger partial charge in [-0.2, -0.15) is 0 Å². The van der Waals surface area contributed by atoms with Gasteiger partial charge in [0.1, 0.15) is 13.7 Å². The molecule has 2 aromatic carbocycles. The van der Waals surface area contributed by atoms with Crippen LogP contribution in [0.5, 0.6) is 0 Å². The summed E-state index contributed by atoms with van der Waals surface area (Å²) in [7, 11) is 2.67. The number of esters is 1. The normalized spacial score (nSPS) is 12.5. The number of nitrogens with zero attached hydrogens (tertiary/aromatic N) is 2. The topological polar surface area (TPSA) is 69.5 Å². The van der Waals surface area contributed by atoms with E-state index in [1.807, 2.05) is 62.4 Å². The van der Waals surface area contributed by atoms with E-state index in [0.717, 1.165) is 22.4 Å². The summed E-state index contributed by atoms with van der Waals surface area (Å²) in [6.45, 7) is 4.01. The van der Waals surface area contributed by atoms with Gasteiger partial charge in [0.2, 0.25) is 0 Å². The number of benzene rings is 2. The molecule has 0 aliphatic rings. The van der Waals surface area contributed by atoms with Crippen LogP contribution in [0.3, 0.4) is 0 Å². The van der Waals surface area contributed by atoms with Gasteiger partial charge in [0, 0.05) is 16.7 Å². The first-order valence-electron chi connectivity index (χ1n) is 8.78. The van der Waals surface area contributed by atoms with Gasteiger partial charge < -0.3 is 14.4 Å². The molecule has 0 N–H and O–H groups in total. The van der Waals surface area contributed by atoms with E-state index in [-0.39, 0.29) is 12.3 Å². The second kappa shape index (κ2) is 10.7. The monoisotopic (exact) mass is 380 g/mol. The van der Waals surface area contributed by atoms with Crippen molar-refractivity contribution in [2.75, 3.05) is 14.2 Å². The number of hydrogen-bond acceptors (Lipinski definition) is 6. The molecular formula is C22H24N2O4. The SMILES string of the molecule is C/C=C(/C(C)=N/OCc1ccccc1/C(=N\OC)C(=O)OC)c1ccccc1. The van der Waals surface area contributed by atoms with Gasteiger partial charge in [-0.05, 0) is 19.4 Å². The van der Waals surface area contributed by atoms with Crippen molar-refractivity contribution < 1.29 is 19.2 Å². The third kappa shape index (κ3) is 5.30. The fourth-order valence-electron chi connectivity index (χ4n) is 2.71. The van der Waals surface area contributed by atoms with Crippen molar-refractivity contribution in [3.8, 4) is 0 Å².